The van der Waals surface area contributed by atoms with E-state index in [1.807, 2.05) is 0 Å². The van der Waals surface area contributed by atoms with Crippen molar-refractivity contribution in [3.8, 4) is 0 Å². The summed E-state index contributed by atoms with van der Waals surface area (Å²) in [7, 11) is 1.71. The van der Waals surface area contributed by atoms with Gasteiger partial charge in [-0.25, -0.2) is 13.2 Å². The van der Waals surface area contributed by atoms with Crippen molar-refractivity contribution in [3.63, 3.8) is 0 Å². The van der Waals surface area contributed by atoms with Gasteiger partial charge in [-0.3, -0.25) is 0 Å². The number of hydrogen-bond acceptors (Lipinski definition) is 4. The third kappa shape index (κ3) is 6.87. The van der Waals surface area contributed by atoms with Gasteiger partial charge >= 0.3 is 6.09 Å². The second-order valence-electron chi connectivity index (χ2n) is 7.06. The summed E-state index contributed by atoms with van der Waals surface area (Å²) in [5.74, 6) is -0.196. The average molecular weight is 340 g/mol. The first kappa shape index (κ1) is 18.6. The first-order valence-corrected chi connectivity index (χ1v) is 9.83. The van der Waals surface area contributed by atoms with E-state index in [0.717, 1.165) is 32.1 Å². The predicted molar refractivity (Wildman–Crippen MR) is 84.0 cm³/mol. The van der Waals surface area contributed by atoms with E-state index in [-0.39, 0.29) is 11.7 Å². The number of alkyl carbamates (subject to hydrolysis) is 1. The lowest BCUT2D eigenvalue weighted by molar-refractivity contribution is 0.0421. The van der Waals surface area contributed by atoms with Crippen molar-refractivity contribution < 1.29 is 17.9 Å². The third-order valence-corrected chi connectivity index (χ3v) is 5.04. The minimum atomic E-state index is -3.72. The van der Waals surface area contributed by atoms with E-state index in [0.29, 0.717) is 0 Å². The van der Waals surface area contributed by atoms with Crippen LogP contribution in [0.5, 0.6) is 0 Å². The van der Waals surface area contributed by atoms with Crippen molar-refractivity contribution in [2.75, 3.05) is 5.75 Å². The minimum Gasteiger partial charge on any atom is -0.444 e. The van der Waals surface area contributed by atoms with Crippen LogP contribution < -0.4 is 5.32 Å². The van der Waals surface area contributed by atoms with Gasteiger partial charge in [0, 0.05) is 10.7 Å². The molecule has 5 nitrogen and oxygen atoms in total. The van der Waals surface area contributed by atoms with Crippen LogP contribution in [0.15, 0.2) is 0 Å². The molecule has 1 rings (SSSR count). The lowest BCUT2D eigenvalue weighted by atomic mass is 9.76. The van der Waals surface area contributed by atoms with Crippen LogP contribution in [0.3, 0.4) is 0 Å². The van der Waals surface area contributed by atoms with Crippen LogP contribution in [0.1, 0.15) is 59.8 Å². The second-order valence-corrected chi connectivity index (χ2v) is 9.84. The zero-order valence-electron chi connectivity index (χ0n) is 13.2. The standard InChI is InChI=1S/C14H26ClNO4S/c1-13(2,3)20-12(17)16-14(4,10-21(15,18)19)11-8-6-5-7-9-11/h11H,5-10H2,1-4H3,(H,16,17). The summed E-state index contributed by atoms with van der Waals surface area (Å²) in [6.45, 7) is 7.04. The van der Waals surface area contributed by atoms with Gasteiger partial charge in [0.2, 0.25) is 9.05 Å². The quantitative estimate of drug-likeness (QED) is 0.796. The van der Waals surface area contributed by atoms with E-state index in [1.165, 1.54) is 0 Å². The van der Waals surface area contributed by atoms with Gasteiger partial charge in [-0.1, -0.05) is 19.3 Å². The van der Waals surface area contributed by atoms with Crippen molar-refractivity contribution in [1.29, 1.82) is 0 Å². The van der Waals surface area contributed by atoms with E-state index in [2.05, 4.69) is 5.32 Å². The van der Waals surface area contributed by atoms with E-state index in [4.69, 9.17) is 15.4 Å². The van der Waals surface area contributed by atoms with Gasteiger partial charge in [-0.2, -0.15) is 0 Å². The van der Waals surface area contributed by atoms with Gasteiger partial charge in [-0.15, -0.1) is 0 Å². The number of halogens is 1. The summed E-state index contributed by atoms with van der Waals surface area (Å²) in [4.78, 5) is 12.0. The highest BCUT2D eigenvalue weighted by Gasteiger charge is 2.40. The highest BCUT2D eigenvalue weighted by molar-refractivity contribution is 8.13. The molecule has 0 aromatic carbocycles. The maximum Gasteiger partial charge on any atom is 0.408 e. The van der Waals surface area contributed by atoms with Crippen LogP contribution in [0.4, 0.5) is 4.79 Å². The maximum atomic E-state index is 12.0. The fourth-order valence-electron chi connectivity index (χ4n) is 2.89. The van der Waals surface area contributed by atoms with Crippen molar-refractivity contribution >= 4 is 25.8 Å². The summed E-state index contributed by atoms with van der Waals surface area (Å²) in [5.41, 5.74) is -1.53. The molecule has 1 atom stereocenters. The summed E-state index contributed by atoms with van der Waals surface area (Å²) in [6.07, 6.45) is 4.40. The van der Waals surface area contributed by atoms with E-state index < -0.39 is 26.3 Å². The molecule has 0 bridgehead atoms. The van der Waals surface area contributed by atoms with E-state index in [1.54, 1.807) is 27.7 Å². The molecule has 0 aromatic heterocycles. The number of ether oxygens (including phenoxy) is 1. The molecule has 1 fully saturated rings. The topological polar surface area (TPSA) is 72.5 Å². The molecular weight excluding hydrogens is 314 g/mol. The molecule has 0 aliphatic heterocycles. The smallest absolute Gasteiger partial charge is 0.408 e. The molecule has 1 aliphatic rings. The Labute approximate surface area is 132 Å². The van der Waals surface area contributed by atoms with Crippen LogP contribution in [0, 0.1) is 5.92 Å². The third-order valence-electron chi connectivity index (χ3n) is 3.76. The largest absolute Gasteiger partial charge is 0.444 e. The Balaban J connectivity index is 2.88. The zero-order chi connectivity index (χ0) is 16.3. The molecule has 1 amide bonds. The lowest BCUT2D eigenvalue weighted by Gasteiger charge is -2.40. The lowest BCUT2D eigenvalue weighted by Crippen LogP contribution is -2.56. The van der Waals surface area contributed by atoms with Crippen molar-refractivity contribution in [2.45, 2.75) is 70.9 Å². The highest BCUT2D eigenvalue weighted by atomic mass is 35.7. The summed E-state index contributed by atoms with van der Waals surface area (Å²) >= 11 is 0. The zero-order valence-corrected chi connectivity index (χ0v) is 14.8. The Bertz CT molecular complexity index is 466. The minimum absolute atomic E-state index is 0.0901. The molecule has 0 aromatic rings. The number of carbonyl (C=O) groups is 1. The highest BCUT2D eigenvalue weighted by Crippen LogP contribution is 2.34. The number of hydrogen-bond donors (Lipinski definition) is 1. The van der Waals surface area contributed by atoms with Gasteiger partial charge < -0.3 is 10.1 Å². The number of rotatable bonds is 4. The van der Waals surface area contributed by atoms with Gasteiger partial charge in [0.05, 0.1) is 11.3 Å². The fourth-order valence-corrected chi connectivity index (χ4v) is 4.59. The van der Waals surface area contributed by atoms with E-state index in [9.17, 15) is 13.2 Å². The first-order valence-electron chi connectivity index (χ1n) is 7.35. The normalized spacial score (nSPS) is 20.6. The molecule has 1 aliphatic carbocycles. The second kappa shape index (κ2) is 6.73. The molecule has 7 heteroatoms. The molecular formula is C14H26ClNO4S. The Kier molecular flexibility index (Phi) is 5.95. The van der Waals surface area contributed by atoms with Crippen LogP contribution in [-0.2, 0) is 13.8 Å². The van der Waals surface area contributed by atoms with E-state index >= 15 is 0 Å². The molecule has 0 heterocycles. The van der Waals surface area contributed by atoms with Gasteiger partial charge in [0.1, 0.15) is 5.60 Å². The van der Waals surface area contributed by atoms with Crippen LogP contribution in [-0.4, -0.2) is 31.4 Å². The van der Waals surface area contributed by atoms with Crippen molar-refractivity contribution in [3.05, 3.63) is 0 Å². The Hall–Kier alpha value is -0.490. The molecule has 0 spiro atoms. The van der Waals surface area contributed by atoms with Crippen molar-refractivity contribution in [1.82, 2.24) is 5.32 Å². The summed E-state index contributed by atoms with van der Waals surface area (Å²) in [6, 6.07) is 0. The molecule has 124 valence electrons. The van der Waals surface area contributed by atoms with Gasteiger partial charge in [0.15, 0.2) is 0 Å². The Morgan fingerprint density at radius 2 is 1.71 bits per heavy atom. The van der Waals surface area contributed by atoms with Crippen LogP contribution >= 0.6 is 10.7 Å². The summed E-state index contributed by atoms with van der Waals surface area (Å²) in [5, 5.41) is 2.75. The SMILES string of the molecule is CC(C)(C)OC(=O)NC(C)(CS(=O)(=O)Cl)C1CCCCC1. The molecule has 21 heavy (non-hydrogen) atoms. The first-order chi connectivity index (χ1) is 9.41. The Morgan fingerprint density at radius 1 is 1.19 bits per heavy atom. The predicted octanol–water partition coefficient (Wildman–Crippen LogP) is 3.42. The Morgan fingerprint density at radius 3 is 2.14 bits per heavy atom. The van der Waals surface area contributed by atoms with Crippen LogP contribution in [0.25, 0.3) is 0 Å². The molecule has 1 unspecified atom stereocenters. The maximum absolute atomic E-state index is 12.0. The van der Waals surface area contributed by atoms with Crippen molar-refractivity contribution in [2.24, 2.45) is 5.92 Å². The molecule has 0 radical (unpaired) electrons. The number of carbonyl (C=O) groups excluding carboxylic acids is 1. The monoisotopic (exact) mass is 339 g/mol. The van der Waals surface area contributed by atoms with Crippen LogP contribution in [0.2, 0.25) is 0 Å². The number of nitrogens with one attached hydrogen (secondary N) is 1. The fraction of sp³-hybridized carbons (Fsp3) is 0.929. The molecule has 0 saturated heterocycles. The average Bonchev–Trinajstić information content (AvgIpc) is 2.24. The summed E-state index contributed by atoms with van der Waals surface area (Å²) < 4.78 is 28.3. The molecule has 1 N–H and O–H groups in total. The molecule has 1 saturated carbocycles. The number of amides is 1. The van der Waals surface area contributed by atoms with Gasteiger partial charge in [-0.05, 0) is 46.5 Å². The van der Waals surface area contributed by atoms with Gasteiger partial charge in [0.25, 0.3) is 0 Å².